The molecular weight excluding hydrogens is 274 g/mol. The van der Waals surface area contributed by atoms with Gasteiger partial charge in [0.2, 0.25) is 0 Å². The van der Waals surface area contributed by atoms with Crippen LogP contribution in [0.25, 0.3) is 0 Å². The van der Waals surface area contributed by atoms with Crippen molar-refractivity contribution < 1.29 is 10.0 Å². The number of hydrogen-bond acceptors (Lipinski definition) is 6. The van der Waals surface area contributed by atoms with Crippen molar-refractivity contribution in [2.24, 2.45) is 0 Å². The summed E-state index contributed by atoms with van der Waals surface area (Å²) >= 11 is 0. The first kappa shape index (κ1) is 15.9. The summed E-state index contributed by atoms with van der Waals surface area (Å²) in [5.41, 5.74) is -0.0520. The lowest BCUT2D eigenvalue weighted by molar-refractivity contribution is -0.385. The number of hydrogen-bond donors (Lipinski definition) is 1. The van der Waals surface area contributed by atoms with Gasteiger partial charge in [-0.15, -0.1) is 0 Å². The molecule has 1 saturated heterocycles. The molecule has 0 radical (unpaired) electrons. The van der Waals surface area contributed by atoms with Gasteiger partial charge in [-0.05, 0) is 20.9 Å². The van der Waals surface area contributed by atoms with Gasteiger partial charge >= 0.3 is 5.69 Å². The maximum absolute atomic E-state index is 10.6. The number of likely N-dealkylation sites (N-methyl/N-ethyl adjacent to an activating group) is 1. The summed E-state index contributed by atoms with van der Waals surface area (Å²) in [6, 6.07) is 0.840. The number of piperazine rings is 1. The van der Waals surface area contributed by atoms with Crippen LogP contribution < -0.4 is 0 Å². The zero-order valence-electron chi connectivity index (χ0n) is 12.7. The van der Waals surface area contributed by atoms with Crippen LogP contribution in [0.4, 0.5) is 5.69 Å². The van der Waals surface area contributed by atoms with Crippen molar-refractivity contribution in [2.45, 2.75) is 38.6 Å². The van der Waals surface area contributed by atoms with Crippen LogP contribution in [0.1, 0.15) is 13.8 Å². The van der Waals surface area contributed by atoms with Gasteiger partial charge in [-0.1, -0.05) is 0 Å². The lowest BCUT2D eigenvalue weighted by atomic mass is 10.1. The smallest absolute Gasteiger partial charge is 0.306 e. The average molecular weight is 297 g/mol. The van der Waals surface area contributed by atoms with Gasteiger partial charge in [-0.3, -0.25) is 19.7 Å². The number of aromatic nitrogens is 2. The number of β-amino-alcohol motifs (C(OH)–C–C–N with tert-alkyl or cyclic N) is 1. The second-order valence-corrected chi connectivity index (χ2v) is 5.92. The maximum atomic E-state index is 10.6. The van der Waals surface area contributed by atoms with E-state index in [9.17, 15) is 15.2 Å². The second-order valence-electron chi connectivity index (χ2n) is 5.92. The third-order valence-electron chi connectivity index (χ3n) is 4.10. The van der Waals surface area contributed by atoms with Crippen molar-refractivity contribution in [3.05, 3.63) is 22.5 Å². The fraction of sp³-hybridized carbons (Fsp3) is 0.769. The maximum Gasteiger partial charge on any atom is 0.306 e. The van der Waals surface area contributed by atoms with Crippen molar-refractivity contribution >= 4 is 5.69 Å². The van der Waals surface area contributed by atoms with E-state index in [1.165, 1.54) is 17.1 Å². The van der Waals surface area contributed by atoms with Crippen LogP contribution >= 0.6 is 0 Å². The van der Waals surface area contributed by atoms with E-state index >= 15 is 0 Å². The van der Waals surface area contributed by atoms with Gasteiger partial charge in [0.05, 0.1) is 17.6 Å². The molecule has 2 rings (SSSR count). The Hall–Kier alpha value is -1.51. The lowest BCUT2D eigenvalue weighted by Crippen LogP contribution is -2.56. The fourth-order valence-electron chi connectivity index (χ4n) is 2.72. The molecule has 3 atom stereocenters. The molecule has 2 heterocycles. The summed E-state index contributed by atoms with van der Waals surface area (Å²) < 4.78 is 1.42. The Morgan fingerprint density at radius 3 is 2.76 bits per heavy atom. The largest absolute Gasteiger partial charge is 0.390 e. The highest BCUT2D eigenvalue weighted by molar-refractivity contribution is 5.20. The Bertz CT molecular complexity index is 492. The topological polar surface area (TPSA) is 87.7 Å². The van der Waals surface area contributed by atoms with Crippen LogP contribution in [0.2, 0.25) is 0 Å². The molecule has 1 aliphatic rings. The van der Waals surface area contributed by atoms with Gasteiger partial charge in [0, 0.05) is 31.7 Å². The average Bonchev–Trinajstić information content (AvgIpc) is 2.84. The molecule has 0 saturated carbocycles. The monoisotopic (exact) mass is 297 g/mol. The highest BCUT2D eigenvalue weighted by Gasteiger charge is 2.28. The fourth-order valence-corrected chi connectivity index (χ4v) is 2.72. The minimum atomic E-state index is -0.595. The standard InChI is InChI=1S/C13H23N5O3/c1-10-6-16(11(2)5-15(10)3)8-13(19)9-17-7-12(4-14-17)18(20)21/h4,7,10-11,13,19H,5-6,8-9H2,1-3H3/t10-,11-,13-/m1/s1. The van der Waals surface area contributed by atoms with E-state index < -0.39 is 11.0 Å². The molecule has 0 amide bonds. The molecule has 0 bridgehead atoms. The predicted molar refractivity (Wildman–Crippen MR) is 78.0 cm³/mol. The zero-order chi connectivity index (χ0) is 15.6. The predicted octanol–water partition coefficient (Wildman–Crippen LogP) is 0.177. The summed E-state index contributed by atoms with van der Waals surface area (Å²) in [4.78, 5) is 14.7. The van der Waals surface area contributed by atoms with E-state index in [-0.39, 0.29) is 12.2 Å². The molecule has 21 heavy (non-hydrogen) atoms. The van der Waals surface area contributed by atoms with Crippen molar-refractivity contribution in [2.75, 3.05) is 26.7 Å². The molecule has 0 aliphatic carbocycles. The van der Waals surface area contributed by atoms with Gasteiger partial charge in [-0.2, -0.15) is 5.10 Å². The molecule has 1 aromatic heterocycles. The molecule has 8 nitrogen and oxygen atoms in total. The molecule has 1 N–H and O–H groups in total. The van der Waals surface area contributed by atoms with Crippen LogP contribution in [-0.4, -0.2) is 74.5 Å². The quantitative estimate of drug-likeness (QED) is 0.616. The van der Waals surface area contributed by atoms with Crippen molar-refractivity contribution in [3.8, 4) is 0 Å². The molecule has 0 spiro atoms. The van der Waals surface area contributed by atoms with Gasteiger partial charge < -0.3 is 10.0 Å². The van der Waals surface area contributed by atoms with Gasteiger partial charge in [0.15, 0.2) is 0 Å². The normalized spacial score (nSPS) is 25.9. The second kappa shape index (κ2) is 6.50. The van der Waals surface area contributed by atoms with Crippen molar-refractivity contribution in [3.63, 3.8) is 0 Å². The van der Waals surface area contributed by atoms with E-state index in [0.717, 1.165) is 13.1 Å². The Balaban J connectivity index is 1.88. The molecule has 118 valence electrons. The van der Waals surface area contributed by atoms with Crippen LogP contribution in [0.3, 0.4) is 0 Å². The van der Waals surface area contributed by atoms with Crippen LogP contribution in [-0.2, 0) is 6.54 Å². The van der Waals surface area contributed by atoms with Gasteiger partial charge in [0.1, 0.15) is 12.4 Å². The van der Waals surface area contributed by atoms with E-state index in [1.54, 1.807) is 0 Å². The summed E-state index contributed by atoms with van der Waals surface area (Å²) in [5.74, 6) is 0. The first-order valence-corrected chi connectivity index (χ1v) is 7.16. The van der Waals surface area contributed by atoms with Crippen molar-refractivity contribution in [1.82, 2.24) is 19.6 Å². The minimum Gasteiger partial charge on any atom is -0.390 e. The Labute approximate surface area is 124 Å². The van der Waals surface area contributed by atoms with E-state index in [1.807, 2.05) is 0 Å². The number of aliphatic hydroxyl groups excluding tert-OH is 1. The number of aliphatic hydroxyl groups is 1. The Morgan fingerprint density at radius 2 is 2.14 bits per heavy atom. The lowest BCUT2D eigenvalue weighted by Gasteiger charge is -2.43. The highest BCUT2D eigenvalue weighted by atomic mass is 16.6. The highest BCUT2D eigenvalue weighted by Crippen LogP contribution is 2.14. The number of rotatable bonds is 5. The molecule has 0 aromatic carbocycles. The molecule has 1 aliphatic heterocycles. The molecular formula is C13H23N5O3. The third-order valence-corrected chi connectivity index (χ3v) is 4.10. The number of nitrogens with zero attached hydrogens (tertiary/aromatic N) is 5. The SMILES string of the molecule is C[C@@H]1CN(C[C@@H](O)Cn2cc([N+](=O)[O-])cn2)[C@H](C)CN1C. The zero-order valence-corrected chi connectivity index (χ0v) is 12.7. The summed E-state index contributed by atoms with van der Waals surface area (Å²) in [6.45, 7) is 7.01. The Morgan fingerprint density at radius 1 is 1.43 bits per heavy atom. The van der Waals surface area contributed by atoms with E-state index in [2.05, 4.69) is 35.8 Å². The first-order valence-electron chi connectivity index (χ1n) is 7.16. The molecule has 0 unspecified atom stereocenters. The third kappa shape index (κ3) is 3.99. The summed E-state index contributed by atoms with van der Waals surface area (Å²) in [6.07, 6.45) is 1.95. The van der Waals surface area contributed by atoms with E-state index in [4.69, 9.17) is 0 Å². The number of nitro groups is 1. The van der Waals surface area contributed by atoms with Gasteiger partial charge in [-0.25, -0.2) is 0 Å². The van der Waals surface area contributed by atoms with Gasteiger partial charge in [0.25, 0.3) is 0 Å². The first-order chi connectivity index (χ1) is 9.86. The summed E-state index contributed by atoms with van der Waals surface area (Å²) in [5, 5.41) is 24.7. The van der Waals surface area contributed by atoms with Crippen LogP contribution in [0, 0.1) is 10.1 Å². The van der Waals surface area contributed by atoms with Crippen LogP contribution in [0.5, 0.6) is 0 Å². The molecule has 8 heteroatoms. The van der Waals surface area contributed by atoms with E-state index in [0.29, 0.717) is 18.6 Å². The van der Waals surface area contributed by atoms with Crippen molar-refractivity contribution in [1.29, 1.82) is 0 Å². The van der Waals surface area contributed by atoms with Crippen LogP contribution in [0.15, 0.2) is 12.4 Å². The summed E-state index contributed by atoms with van der Waals surface area (Å²) in [7, 11) is 2.11. The Kier molecular flexibility index (Phi) is 4.92. The minimum absolute atomic E-state index is 0.0520. The molecule has 1 aromatic rings. The molecule has 1 fully saturated rings.